The van der Waals surface area contributed by atoms with E-state index in [9.17, 15) is 13.2 Å². The predicted octanol–water partition coefficient (Wildman–Crippen LogP) is 3.24. The molecule has 0 saturated heterocycles. The number of aryl methyl sites for hydroxylation is 1. The van der Waals surface area contributed by atoms with Gasteiger partial charge in [-0.3, -0.25) is 9.48 Å². The Morgan fingerprint density at radius 1 is 1.20 bits per heavy atom. The SMILES string of the molecule is CCN(CC)S(=O)(=O)c1cc(C(=O)N(CC(C)C)c2cnn(CC)c2)ccc1OC. The Hall–Kier alpha value is -2.39. The average molecular weight is 437 g/mol. The Kier molecular flexibility index (Phi) is 8.03. The van der Waals surface area contributed by atoms with Crippen molar-refractivity contribution in [1.82, 2.24) is 14.1 Å². The lowest BCUT2D eigenvalue weighted by molar-refractivity contribution is 0.0983. The third-order valence-electron chi connectivity index (χ3n) is 4.78. The first-order valence-corrected chi connectivity index (χ1v) is 11.7. The minimum absolute atomic E-state index is 0.00620. The fourth-order valence-corrected chi connectivity index (χ4v) is 4.84. The summed E-state index contributed by atoms with van der Waals surface area (Å²) in [6, 6.07) is 4.54. The number of carbonyl (C=O) groups excluding carboxylic acids is 1. The van der Waals surface area contributed by atoms with Gasteiger partial charge in [0.1, 0.15) is 10.6 Å². The fourth-order valence-electron chi connectivity index (χ4n) is 3.21. The van der Waals surface area contributed by atoms with E-state index in [2.05, 4.69) is 5.10 Å². The van der Waals surface area contributed by atoms with E-state index in [-0.39, 0.29) is 28.0 Å². The Bertz CT molecular complexity index is 965. The van der Waals surface area contributed by atoms with Crippen LogP contribution in [0.3, 0.4) is 0 Å². The van der Waals surface area contributed by atoms with Crippen molar-refractivity contribution in [1.29, 1.82) is 0 Å². The van der Waals surface area contributed by atoms with Crippen LogP contribution in [0.5, 0.6) is 5.75 Å². The third kappa shape index (κ3) is 5.02. The monoisotopic (exact) mass is 436 g/mol. The van der Waals surface area contributed by atoms with Gasteiger partial charge in [0.05, 0.1) is 19.0 Å². The van der Waals surface area contributed by atoms with Crippen LogP contribution in [-0.2, 0) is 16.6 Å². The lowest BCUT2D eigenvalue weighted by Gasteiger charge is -2.24. The molecule has 1 amide bonds. The molecule has 0 fully saturated rings. The van der Waals surface area contributed by atoms with E-state index < -0.39 is 10.0 Å². The van der Waals surface area contributed by atoms with E-state index in [0.717, 1.165) is 0 Å². The second-order valence-corrected chi connectivity index (χ2v) is 9.23. The molecule has 0 unspecified atom stereocenters. The number of benzene rings is 1. The summed E-state index contributed by atoms with van der Waals surface area (Å²) in [5.74, 6) is 0.154. The number of ether oxygens (including phenoxy) is 1. The molecule has 8 nitrogen and oxygen atoms in total. The maximum absolute atomic E-state index is 13.4. The third-order valence-corrected chi connectivity index (χ3v) is 6.85. The van der Waals surface area contributed by atoms with Crippen LogP contribution in [0.15, 0.2) is 35.5 Å². The highest BCUT2D eigenvalue weighted by Gasteiger charge is 2.28. The number of nitrogens with zero attached hydrogens (tertiary/aromatic N) is 4. The van der Waals surface area contributed by atoms with E-state index in [4.69, 9.17) is 4.74 Å². The van der Waals surface area contributed by atoms with Crippen molar-refractivity contribution in [3.05, 3.63) is 36.2 Å². The van der Waals surface area contributed by atoms with Crippen LogP contribution in [0.2, 0.25) is 0 Å². The number of rotatable bonds is 10. The summed E-state index contributed by atoms with van der Waals surface area (Å²) in [5.41, 5.74) is 0.964. The van der Waals surface area contributed by atoms with Crippen molar-refractivity contribution >= 4 is 21.6 Å². The van der Waals surface area contributed by atoms with Crippen LogP contribution in [-0.4, -0.2) is 55.2 Å². The zero-order chi connectivity index (χ0) is 22.5. The molecule has 0 atom stereocenters. The molecule has 0 saturated carbocycles. The molecular formula is C21H32N4O4S. The molecule has 0 N–H and O–H groups in total. The first kappa shape index (κ1) is 23.9. The van der Waals surface area contributed by atoms with E-state index in [1.165, 1.54) is 23.5 Å². The molecule has 0 aliphatic heterocycles. The molecule has 0 radical (unpaired) electrons. The average Bonchev–Trinajstić information content (AvgIpc) is 3.20. The maximum atomic E-state index is 13.4. The van der Waals surface area contributed by atoms with Crippen LogP contribution in [0.4, 0.5) is 5.69 Å². The second-order valence-electron chi connectivity index (χ2n) is 7.32. The second kappa shape index (κ2) is 10.1. The number of hydrogen-bond donors (Lipinski definition) is 0. The minimum Gasteiger partial charge on any atom is -0.495 e. The number of methoxy groups -OCH3 is 1. The standard InChI is InChI=1S/C21H32N4O4S/c1-7-23-15-18(13-22-23)25(14-16(4)5)21(26)17-10-11-19(29-6)20(12-17)30(27,28)24(8-2)9-3/h10-13,15-16H,7-9,14H2,1-6H3. The molecule has 2 aromatic rings. The summed E-state index contributed by atoms with van der Waals surface area (Å²) < 4.78 is 34.6. The van der Waals surface area contributed by atoms with Crippen molar-refractivity contribution in [3.63, 3.8) is 0 Å². The number of amides is 1. The quantitative estimate of drug-likeness (QED) is 0.571. The summed E-state index contributed by atoms with van der Waals surface area (Å²) in [4.78, 5) is 15.0. The zero-order valence-corrected chi connectivity index (χ0v) is 19.4. The predicted molar refractivity (Wildman–Crippen MR) is 118 cm³/mol. The van der Waals surface area contributed by atoms with Crippen molar-refractivity contribution in [2.45, 2.75) is 46.1 Å². The van der Waals surface area contributed by atoms with Gasteiger partial charge in [-0.1, -0.05) is 27.7 Å². The van der Waals surface area contributed by atoms with Crippen LogP contribution >= 0.6 is 0 Å². The molecule has 0 spiro atoms. The lowest BCUT2D eigenvalue weighted by Crippen LogP contribution is -2.34. The molecule has 9 heteroatoms. The fraction of sp³-hybridized carbons (Fsp3) is 0.524. The van der Waals surface area contributed by atoms with E-state index >= 15 is 0 Å². The first-order valence-electron chi connectivity index (χ1n) is 10.2. The molecule has 166 valence electrons. The van der Waals surface area contributed by atoms with Crippen LogP contribution in [0.1, 0.15) is 45.0 Å². The van der Waals surface area contributed by atoms with Gasteiger partial charge in [0.2, 0.25) is 10.0 Å². The molecule has 1 aromatic heterocycles. The molecular weight excluding hydrogens is 404 g/mol. The highest BCUT2D eigenvalue weighted by molar-refractivity contribution is 7.89. The van der Waals surface area contributed by atoms with E-state index in [1.54, 1.807) is 35.7 Å². The summed E-state index contributed by atoms with van der Waals surface area (Å²) in [6.07, 6.45) is 3.47. The Morgan fingerprint density at radius 2 is 1.87 bits per heavy atom. The summed E-state index contributed by atoms with van der Waals surface area (Å²) in [5, 5.41) is 4.27. The normalized spacial score (nSPS) is 11.9. The highest BCUT2D eigenvalue weighted by Crippen LogP contribution is 2.29. The summed E-state index contributed by atoms with van der Waals surface area (Å²) in [7, 11) is -2.37. The van der Waals surface area contributed by atoms with Crippen molar-refractivity contribution in [3.8, 4) is 5.75 Å². The Balaban J connectivity index is 2.54. The summed E-state index contributed by atoms with van der Waals surface area (Å²) >= 11 is 0. The molecule has 0 aliphatic carbocycles. The smallest absolute Gasteiger partial charge is 0.258 e. The van der Waals surface area contributed by atoms with Crippen molar-refractivity contribution in [2.75, 3.05) is 31.6 Å². The van der Waals surface area contributed by atoms with Crippen molar-refractivity contribution in [2.24, 2.45) is 5.92 Å². The molecule has 1 aromatic carbocycles. The van der Waals surface area contributed by atoms with Gasteiger partial charge in [0, 0.05) is 37.9 Å². The number of aromatic nitrogens is 2. The largest absolute Gasteiger partial charge is 0.495 e. The van der Waals surface area contributed by atoms with Crippen LogP contribution in [0.25, 0.3) is 0 Å². The van der Waals surface area contributed by atoms with Gasteiger partial charge in [-0.25, -0.2) is 8.42 Å². The molecule has 0 aliphatic rings. The van der Waals surface area contributed by atoms with Crippen LogP contribution in [0, 0.1) is 5.92 Å². The van der Waals surface area contributed by atoms with Gasteiger partial charge in [-0.15, -0.1) is 0 Å². The lowest BCUT2D eigenvalue weighted by atomic mass is 10.1. The van der Waals surface area contributed by atoms with Gasteiger partial charge in [0.15, 0.2) is 0 Å². The topological polar surface area (TPSA) is 84.7 Å². The first-order chi connectivity index (χ1) is 14.2. The van der Waals surface area contributed by atoms with Gasteiger partial charge >= 0.3 is 0 Å². The number of sulfonamides is 1. The minimum atomic E-state index is -3.79. The van der Waals surface area contributed by atoms with Crippen LogP contribution < -0.4 is 9.64 Å². The number of hydrogen-bond acceptors (Lipinski definition) is 5. The number of anilines is 1. The van der Waals surface area contributed by atoms with Gasteiger partial charge in [-0.2, -0.15) is 9.40 Å². The Morgan fingerprint density at radius 3 is 2.37 bits per heavy atom. The van der Waals surface area contributed by atoms with Gasteiger partial charge in [-0.05, 0) is 31.0 Å². The number of carbonyl (C=O) groups is 1. The zero-order valence-electron chi connectivity index (χ0n) is 18.6. The van der Waals surface area contributed by atoms with E-state index in [0.29, 0.717) is 31.9 Å². The Labute approximate surface area is 179 Å². The molecule has 0 bridgehead atoms. The maximum Gasteiger partial charge on any atom is 0.258 e. The van der Waals surface area contributed by atoms with Crippen molar-refractivity contribution < 1.29 is 17.9 Å². The molecule has 30 heavy (non-hydrogen) atoms. The highest BCUT2D eigenvalue weighted by atomic mass is 32.2. The van der Waals surface area contributed by atoms with E-state index in [1.807, 2.05) is 27.0 Å². The van der Waals surface area contributed by atoms with Gasteiger partial charge in [0.25, 0.3) is 5.91 Å². The summed E-state index contributed by atoms with van der Waals surface area (Å²) in [6.45, 7) is 11.4. The van der Waals surface area contributed by atoms with Gasteiger partial charge < -0.3 is 9.64 Å². The molecule has 1 heterocycles. The molecule has 2 rings (SSSR count).